The van der Waals surface area contributed by atoms with Gasteiger partial charge in [0.05, 0.1) is 23.8 Å². The maximum absolute atomic E-state index is 11.6. The van der Waals surface area contributed by atoms with Gasteiger partial charge in [-0.2, -0.15) is 5.10 Å². The van der Waals surface area contributed by atoms with Crippen LogP contribution in [0.3, 0.4) is 0 Å². The van der Waals surface area contributed by atoms with Gasteiger partial charge in [-0.05, 0) is 17.7 Å². The molecule has 0 bridgehead atoms. The number of amidine groups is 1. The Labute approximate surface area is 126 Å². The standard InChI is InChI=1S/C12H12ClN3O2S2/c13-9-3-1-8(2-4-9)5-15-16-10-6-20(17,18)7-11(10)19-12(16)14/h1-5,10-11,14H,6-7H2/b14-12?,15-5-/t10-,11+/m0/s1. The molecule has 0 unspecified atom stereocenters. The summed E-state index contributed by atoms with van der Waals surface area (Å²) in [5.41, 5.74) is 0.858. The van der Waals surface area contributed by atoms with Crippen LogP contribution in [0.5, 0.6) is 0 Å². The molecule has 3 rings (SSSR count). The third kappa shape index (κ3) is 2.70. The zero-order valence-corrected chi connectivity index (χ0v) is 12.7. The summed E-state index contributed by atoms with van der Waals surface area (Å²) >= 11 is 7.09. The minimum Gasteiger partial charge on any atom is -0.277 e. The van der Waals surface area contributed by atoms with Crippen molar-refractivity contribution in [1.82, 2.24) is 5.01 Å². The number of rotatable bonds is 2. The van der Waals surface area contributed by atoms with E-state index < -0.39 is 9.84 Å². The fraction of sp³-hybridized carbons (Fsp3) is 0.333. The highest BCUT2D eigenvalue weighted by Crippen LogP contribution is 2.37. The molecule has 0 amide bonds. The van der Waals surface area contributed by atoms with Gasteiger partial charge in [-0.15, -0.1) is 0 Å². The molecule has 0 saturated carbocycles. The Morgan fingerprint density at radius 3 is 2.75 bits per heavy atom. The minimum absolute atomic E-state index is 0.0742. The number of fused-ring (bicyclic) bond motifs is 1. The van der Waals surface area contributed by atoms with Crippen LogP contribution >= 0.6 is 23.4 Å². The van der Waals surface area contributed by atoms with Crippen molar-refractivity contribution in [3.63, 3.8) is 0 Å². The maximum Gasteiger partial charge on any atom is 0.177 e. The van der Waals surface area contributed by atoms with Gasteiger partial charge in [-0.1, -0.05) is 35.5 Å². The molecule has 1 aromatic rings. The Hall–Kier alpha value is -1.05. The first-order chi connectivity index (χ1) is 9.44. The molecule has 2 aliphatic heterocycles. The third-order valence-corrected chi connectivity index (χ3v) is 6.63. The summed E-state index contributed by atoms with van der Waals surface area (Å²) in [4.78, 5) is 0. The molecule has 2 atom stereocenters. The Morgan fingerprint density at radius 1 is 1.35 bits per heavy atom. The lowest BCUT2D eigenvalue weighted by Crippen LogP contribution is -2.32. The summed E-state index contributed by atoms with van der Waals surface area (Å²) in [6, 6.07) is 6.94. The summed E-state index contributed by atoms with van der Waals surface area (Å²) in [5, 5.41) is 14.5. The molecule has 1 aromatic carbocycles. The topological polar surface area (TPSA) is 73.6 Å². The van der Waals surface area contributed by atoms with Gasteiger partial charge >= 0.3 is 0 Å². The van der Waals surface area contributed by atoms with E-state index in [-0.39, 0.29) is 22.8 Å². The molecule has 20 heavy (non-hydrogen) atoms. The van der Waals surface area contributed by atoms with Crippen LogP contribution in [0.15, 0.2) is 29.4 Å². The van der Waals surface area contributed by atoms with Gasteiger partial charge in [0.1, 0.15) is 0 Å². The molecule has 2 aliphatic rings. The second kappa shape index (κ2) is 5.05. The average Bonchev–Trinajstić information content (AvgIpc) is 2.80. The number of benzene rings is 1. The van der Waals surface area contributed by atoms with Crippen molar-refractivity contribution in [1.29, 1.82) is 5.41 Å². The molecule has 8 heteroatoms. The van der Waals surface area contributed by atoms with Crippen LogP contribution in [0, 0.1) is 5.41 Å². The van der Waals surface area contributed by atoms with Crippen molar-refractivity contribution in [3.8, 4) is 0 Å². The number of hydrazone groups is 1. The third-order valence-electron chi connectivity index (χ3n) is 3.26. The molecular formula is C12H12ClN3O2S2. The fourth-order valence-electron chi connectivity index (χ4n) is 2.30. The summed E-state index contributed by atoms with van der Waals surface area (Å²) in [7, 11) is -3.00. The number of nitrogens with one attached hydrogen (secondary N) is 1. The van der Waals surface area contributed by atoms with Crippen LogP contribution in [0.1, 0.15) is 5.56 Å². The first kappa shape index (κ1) is 13.9. The van der Waals surface area contributed by atoms with Crippen molar-refractivity contribution >= 4 is 44.6 Å². The number of halogens is 1. The first-order valence-corrected chi connectivity index (χ1v) is 9.07. The Bertz CT molecular complexity index is 672. The average molecular weight is 330 g/mol. The molecule has 2 heterocycles. The molecule has 0 spiro atoms. The number of sulfone groups is 1. The fourth-order valence-corrected chi connectivity index (χ4v) is 6.14. The second-order valence-corrected chi connectivity index (χ2v) is 8.56. The largest absolute Gasteiger partial charge is 0.277 e. The summed E-state index contributed by atoms with van der Waals surface area (Å²) in [6.45, 7) is 0. The highest BCUT2D eigenvalue weighted by molar-refractivity contribution is 8.15. The number of hydrogen-bond acceptors (Lipinski definition) is 5. The van der Waals surface area contributed by atoms with Crippen molar-refractivity contribution in [2.24, 2.45) is 5.10 Å². The van der Waals surface area contributed by atoms with E-state index in [1.807, 2.05) is 12.1 Å². The molecule has 0 aromatic heterocycles. The lowest BCUT2D eigenvalue weighted by molar-refractivity contribution is 0.376. The summed E-state index contributed by atoms with van der Waals surface area (Å²) in [5.74, 6) is 0.211. The van der Waals surface area contributed by atoms with Crippen molar-refractivity contribution < 1.29 is 8.42 Å². The molecule has 0 aliphatic carbocycles. The Kier molecular flexibility index (Phi) is 3.51. The summed E-state index contributed by atoms with van der Waals surface area (Å²) < 4.78 is 23.3. The predicted molar refractivity (Wildman–Crippen MR) is 82.4 cm³/mol. The van der Waals surface area contributed by atoms with E-state index in [4.69, 9.17) is 17.0 Å². The normalized spacial score (nSPS) is 28.2. The van der Waals surface area contributed by atoms with Gasteiger partial charge in [-0.3, -0.25) is 5.41 Å². The quantitative estimate of drug-likeness (QED) is 0.840. The van der Waals surface area contributed by atoms with Gasteiger partial charge < -0.3 is 0 Å². The van der Waals surface area contributed by atoms with Gasteiger partial charge in [0.25, 0.3) is 0 Å². The van der Waals surface area contributed by atoms with Gasteiger partial charge in [0, 0.05) is 10.3 Å². The first-order valence-electron chi connectivity index (χ1n) is 5.99. The van der Waals surface area contributed by atoms with Crippen LogP contribution in [0.2, 0.25) is 5.02 Å². The van der Waals surface area contributed by atoms with Crippen molar-refractivity contribution in [2.45, 2.75) is 11.3 Å². The maximum atomic E-state index is 11.6. The number of thioether (sulfide) groups is 1. The van der Waals surface area contributed by atoms with Crippen LogP contribution in [0.4, 0.5) is 0 Å². The van der Waals surface area contributed by atoms with Gasteiger partial charge in [-0.25, -0.2) is 13.4 Å². The smallest absolute Gasteiger partial charge is 0.177 e. The van der Waals surface area contributed by atoms with Crippen LogP contribution in [-0.4, -0.2) is 47.6 Å². The molecule has 5 nitrogen and oxygen atoms in total. The van der Waals surface area contributed by atoms with E-state index in [1.165, 1.54) is 16.8 Å². The zero-order chi connectivity index (χ0) is 14.3. The minimum atomic E-state index is -3.00. The highest BCUT2D eigenvalue weighted by Gasteiger charge is 2.48. The second-order valence-electron chi connectivity index (χ2n) is 4.75. The molecule has 106 valence electrons. The highest BCUT2D eigenvalue weighted by atomic mass is 35.5. The van der Waals surface area contributed by atoms with Crippen LogP contribution in [-0.2, 0) is 9.84 Å². The van der Waals surface area contributed by atoms with Crippen LogP contribution < -0.4 is 0 Å². The van der Waals surface area contributed by atoms with E-state index in [0.29, 0.717) is 10.2 Å². The van der Waals surface area contributed by atoms with E-state index in [0.717, 1.165) is 5.56 Å². The molecule has 2 fully saturated rings. The van der Waals surface area contributed by atoms with Crippen molar-refractivity contribution in [3.05, 3.63) is 34.9 Å². The monoisotopic (exact) mass is 329 g/mol. The van der Waals surface area contributed by atoms with E-state index in [9.17, 15) is 8.42 Å². The lowest BCUT2D eigenvalue weighted by atomic mass is 10.2. The Balaban J connectivity index is 1.79. The summed E-state index contributed by atoms with van der Waals surface area (Å²) in [6.07, 6.45) is 1.62. The predicted octanol–water partition coefficient (Wildman–Crippen LogP) is 1.82. The van der Waals surface area contributed by atoms with Gasteiger partial charge in [0.15, 0.2) is 15.0 Å². The van der Waals surface area contributed by atoms with E-state index in [2.05, 4.69) is 5.10 Å². The lowest BCUT2D eigenvalue weighted by Gasteiger charge is -2.17. The molecule has 1 N–H and O–H groups in total. The Morgan fingerprint density at radius 2 is 2.05 bits per heavy atom. The number of hydrogen-bond donors (Lipinski definition) is 1. The van der Waals surface area contributed by atoms with E-state index >= 15 is 0 Å². The van der Waals surface area contributed by atoms with Crippen LogP contribution in [0.25, 0.3) is 0 Å². The zero-order valence-electron chi connectivity index (χ0n) is 10.4. The van der Waals surface area contributed by atoms with E-state index in [1.54, 1.807) is 18.3 Å². The molecule has 2 saturated heterocycles. The number of nitrogens with zero attached hydrogens (tertiary/aromatic N) is 2. The van der Waals surface area contributed by atoms with Crippen molar-refractivity contribution in [2.75, 3.05) is 11.5 Å². The molecule has 0 radical (unpaired) electrons. The molecular weight excluding hydrogens is 318 g/mol. The van der Waals surface area contributed by atoms with Gasteiger partial charge in [0.2, 0.25) is 0 Å². The SMILES string of the molecule is N=C1S[C@@H]2CS(=O)(=O)C[C@@H]2N1/N=C\c1ccc(Cl)cc1.